The first-order valence-corrected chi connectivity index (χ1v) is 6.14. The van der Waals surface area contributed by atoms with Crippen LogP contribution in [0.4, 0.5) is 9.52 Å². The van der Waals surface area contributed by atoms with Crippen molar-refractivity contribution in [3.8, 4) is 11.8 Å². The largest absolute Gasteiger partial charge is 0.320 e. The number of hydrogen-bond donors (Lipinski definition) is 2. The molecular formula is C12H9FN4OS. The number of rotatable bonds is 2. The molecule has 1 aromatic heterocycles. The van der Waals surface area contributed by atoms with E-state index in [0.717, 1.165) is 6.07 Å². The average Bonchev–Trinajstić information content (AvgIpc) is 2.90. The van der Waals surface area contributed by atoms with E-state index in [1.807, 2.05) is 0 Å². The number of aromatic nitrogens is 2. The highest BCUT2D eigenvalue weighted by Gasteiger charge is 2.13. The van der Waals surface area contributed by atoms with Crippen molar-refractivity contribution >= 4 is 22.4 Å². The van der Waals surface area contributed by atoms with Gasteiger partial charge in [-0.2, -0.15) is 0 Å². The quantitative estimate of drug-likeness (QED) is 0.809. The van der Waals surface area contributed by atoms with Crippen LogP contribution in [0, 0.1) is 17.7 Å². The van der Waals surface area contributed by atoms with Gasteiger partial charge in [0.25, 0.3) is 5.91 Å². The second-order valence-electron chi connectivity index (χ2n) is 3.39. The van der Waals surface area contributed by atoms with Crippen LogP contribution in [0.1, 0.15) is 15.9 Å². The maximum atomic E-state index is 13.2. The number of nitrogens with zero attached hydrogens (tertiary/aromatic N) is 2. The van der Waals surface area contributed by atoms with Crippen LogP contribution in [0.5, 0.6) is 0 Å². The monoisotopic (exact) mass is 276 g/mol. The summed E-state index contributed by atoms with van der Waals surface area (Å²) in [6.45, 7) is 0.162. The van der Waals surface area contributed by atoms with Crippen LogP contribution in [0.2, 0.25) is 0 Å². The third-order valence-electron chi connectivity index (χ3n) is 2.13. The Labute approximate surface area is 112 Å². The fourth-order valence-corrected chi connectivity index (χ4v) is 1.79. The molecule has 0 bridgehead atoms. The summed E-state index contributed by atoms with van der Waals surface area (Å²) in [7, 11) is 0. The Balaban J connectivity index is 2.31. The lowest BCUT2D eigenvalue weighted by molar-refractivity contribution is 0.102. The van der Waals surface area contributed by atoms with Gasteiger partial charge in [0.15, 0.2) is 0 Å². The van der Waals surface area contributed by atoms with Gasteiger partial charge < -0.3 is 5.73 Å². The number of anilines is 1. The molecule has 5 nitrogen and oxygen atoms in total. The van der Waals surface area contributed by atoms with Crippen LogP contribution in [0.15, 0.2) is 23.7 Å². The summed E-state index contributed by atoms with van der Waals surface area (Å²) in [4.78, 5) is 12.0. The Kier molecular flexibility index (Phi) is 4.18. The molecule has 0 aliphatic carbocycles. The molecule has 1 amide bonds. The third-order valence-corrected chi connectivity index (χ3v) is 2.74. The normalized spacial score (nSPS) is 9.58. The van der Waals surface area contributed by atoms with Gasteiger partial charge in [0.05, 0.1) is 12.1 Å². The molecule has 19 heavy (non-hydrogen) atoms. The standard InChI is InChI=1S/C12H9FN4OS/c13-9-4-3-8(2-1-5-14)10(6-9)11(18)16-12-17-15-7-19-12/h3-4,6-7H,5,14H2,(H,16,17,18). The van der Waals surface area contributed by atoms with Crippen molar-refractivity contribution < 1.29 is 9.18 Å². The Morgan fingerprint density at radius 1 is 1.53 bits per heavy atom. The number of carbonyl (C=O) groups excluding carboxylic acids is 1. The first-order valence-electron chi connectivity index (χ1n) is 5.26. The highest BCUT2D eigenvalue weighted by Crippen LogP contribution is 2.14. The van der Waals surface area contributed by atoms with E-state index in [9.17, 15) is 9.18 Å². The molecule has 2 rings (SSSR count). The summed E-state index contributed by atoms with van der Waals surface area (Å²) in [5, 5.41) is 10.1. The number of carbonyl (C=O) groups is 1. The zero-order chi connectivity index (χ0) is 13.7. The summed E-state index contributed by atoms with van der Waals surface area (Å²) in [6.07, 6.45) is 0. The predicted octanol–water partition coefficient (Wildman–Crippen LogP) is 1.24. The molecule has 0 aliphatic heterocycles. The molecule has 3 N–H and O–H groups in total. The molecule has 2 aromatic rings. The van der Waals surface area contributed by atoms with E-state index >= 15 is 0 Å². The fraction of sp³-hybridized carbons (Fsp3) is 0.0833. The topological polar surface area (TPSA) is 80.9 Å². The van der Waals surface area contributed by atoms with Crippen LogP contribution < -0.4 is 11.1 Å². The molecule has 0 fully saturated rings. The summed E-state index contributed by atoms with van der Waals surface area (Å²) >= 11 is 1.17. The third kappa shape index (κ3) is 3.34. The second-order valence-corrected chi connectivity index (χ2v) is 4.23. The minimum atomic E-state index is -0.513. The van der Waals surface area contributed by atoms with Crippen molar-refractivity contribution in [2.45, 2.75) is 0 Å². The van der Waals surface area contributed by atoms with Gasteiger partial charge in [0.2, 0.25) is 5.13 Å². The highest BCUT2D eigenvalue weighted by molar-refractivity contribution is 7.13. The van der Waals surface area contributed by atoms with Gasteiger partial charge in [-0.1, -0.05) is 23.2 Å². The second kappa shape index (κ2) is 6.04. The van der Waals surface area contributed by atoms with Crippen molar-refractivity contribution in [3.63, 3.8) is 0 Å². The number of nitrogens with two attached hydrogens (primary N) is 1. The van der Waals surface area contributed by atoms with Crippen LogP contribution in [0.3, 0.4) is 0 Å². The highest BCUT2D eigenvalue weighted by atomic mass is 32.1. The van der Waals surface area contributed by atoms with Gasteiger partial charge in [-0.3, -0.25) is 10.1 Å². The lowest BCUT2D eigenvalue weighted by atomic mass is 10.1. The summed E-state index contributed by atoms with van der Waals surface area (Å²) in [5.74, 6) is 4.35. The van der Waals surface area contributed by atoms with Crippen molar-refractivity contribution in [3.05, 3.63) is 40.7 Å². The lowest BCUT2D eigenvalue weighted by Crippen LogP contribution is -2.14. The number of halogens is 1. The molecular weight excluding hydrogens is 267 g/mol. The fourth-order valence-electron chi connectivity index (χ4n) is 1.35. The average molecular weight is 276 g/mol. The summed E-state index contributed by atoms with van der Waals surface area (Å²) in [6, 6.07) is 3.80. The van der Waals surface area contributed by atoms with Crippen LogP contribution in [-0.4, -0.2) is 22.6 Å². The number of amides is 1. The maximum absolute atomic E-state index is 13.2. The molecule has 0 saturated carbocycles. The van der Waals surface area contributed by atoms with E-state index < -0.39 is 11.7 Å². The van der Waals surface area contributed by atoms with E-state index in [4.69, 9.17) is 5.73 Å². The van der Waals surface area contributed by atoms with E-state index in [0.29, 0.717) is 10.7 Å². The van der Waals surface area contributed by atoms with E-state index in [-0.39, 0.29) is 12.1 Å². The smallest absolute Gasteiger partial charge is 0.258 e. The van der Waals surface area contributed by atoms with Gasteiger partial charge in [-0.25, -0.2) is 4.39 Å². The predicted molar refractivity (Wildman–Crippen MR) is 70.2 cm³/mol. The minimum absolute atomic E-state index is 0.135. The molecule has 0 radical (unpaired) electrons. The Morgan fingerprint density at radius 3 is 3.05 bits per heavy atom. The van der Waals surface area contributed by atoms with Crippen molar-refractivity contribution in [2.24, 2.45) is 5.73 Å². The zero-order valence-corrected chi connectivity index (χ0v) is 10.5. The van der Waals surface area contributed by atoms with Gasteiger partial charge >= 0.3 is 0 Å². The molecule has 0 aliphatic rings. The Morgan fingerprint density at radius 2 is 2.37 bits per heavy atom. The van der Waals surface area contributed by atoms with Crippen LogP contribution in [0.25, 0.3) is 0 Å². The Hall–Kier alpha value is -2.30. The number of hydrogen-bond acceptors (Lipinski definition) is 5. The lowest BCUT2D eigenvalue weighted by Gasteiger charge is -2.04. The number of benzene rings is 1. The molecule has 7 heteroatoms. The molecule has 96 valence electrons. The molecule has 0 atom stereocenters. The maximum Gasteiger partial charge on any atom is 0.258 e. The van der Waals surface area contributed by atoms with Crippen molar-refractivity contribution in [1.82, 2.24) is 10.2 Å². The van der Waals surface area contributed by atoms with Gasteiger partial charge in [-0.05, 0) is 18.2 Å². The van der Waals surface area contributed by atoms with E-state index in [1.54, 1.807) is 0 Å². The van der Waals surface area contributed by atoms with Gasteiger partial charge in [0.1, 0.15) is 11.3 Å². The van der Waals surface area contributed by atoms with Crippen molar-refractivity contribution in [1.29, 1.82) is 0 Å². The SMILES string of the molecule is NCC#Cc1ccc(F)cc1C(=O)Nc1nncs1. The van der Waals surface area contributed by atoms with Gasteiger partial charge in [-0.15, -0.1) is 10.2 Å². The zero-order valence-electron chi connectivity index (χ0n) is 9.68. The molecule has 0 unspecified atom stereocenters. The van der Waals surface area contributed by atoms with Crippen LogP contribution >= 0.6 is 11.3 Å². The first kappa shape index (κ1) is 13.1. The molecule has 1 heterocycles. The number of nitrogens with one attached hydrogen (secondary N) is 1. The van der Waals surface area contributed by atoms with E-state index in [1.165, 1.54) is 29.0 Å². The summed E-state index contributed by atoms with van der Waals surface area (Å²) in [5.41, 5.74) is 7.31. The molecule has 0 saturated heterocycles. The van der Waals surface area contributed by atoms with E-state index in [2.05, 4.69) is 27.4 Å². The molecule has 0 spiro atoms. The minimum Gasteiger partial charge on any atom is -0.320 e. The van der Waals surface area contributed by atoms with Crippen LogP contribution in [-0.2, 0) is 0 Å². The summed E-state index contributed by atoms with van der Waals surface area (Å²) < 4.78 is 13.2. The van der Waals surface area contributed by atoms with Crippen molar-refractivity contribution in [2.75, 3.05) is 11.9 Å². The first-order chi connectivity index (χ1) is 9.20. The Bertz CT molecular complexity index is 645. The molecule has 1 aromatic carbocycles. The van der Waals surface area contributed by atoms with Gasteiger partial charge in [0, 0.05) is 5.56 Å².